The van der Waals surface area contributed by atoms with Gasteiger partial charge in [0.1, 0.15) is 11.9 Å². The van der Waals surface area contributed by atoms with Gasteiger partial charge in [-0.25, -0.2) is 17.9 Å². The molecule has 122 valence electrons. The zero-order valence-corrected chi connectivity index (χ0v) is 13.6. The van der Waals surface area contributed by atoms with Crippen LogP contribution in [0.2, 0.25) is 0 Å². The van der Waals surface area contributed by atoms with Crippen LogP contribution in [0.4, 0.5) is 4.79 Å². The van der Waals surface area contributed by atoms with E-state index < -0.39 is 22.2 Å². The van der Waals surface area contributed by atoms with E-state index in [0.717, 1.165) is 0 Å². The minimum Gasteiger partial charge on any atom is -0.491 e. The van der Waals surface area contributed by atoms with Gasteiger partial charge < -0.3 is 14.4 Å². The van der Waals surface area contributed by atoms with Crippen molar-refractivity contribution in [3.05, 3.63) is 24.3 Å². The fourth-order valence-electron chi connectivity index (χ4n) is 2.01. The van der Waals surface area contributed by atoms with Crippen LogP contribution in [0.15, 0.2) is 29.2 Å². The predicted octanol–water partition coefficient (Wildman–Crippen LogP) is 1.20. The summed E-state index contributed by atoms with van der Waals surface area (Å²) in [5.41, 5.74) is 0. The van der Waals surface area contributed by atoms with Crippen molar-refractivity contribution in [1.82, 2.24) is 9.62 Å². The second-order valence-electron chi connectivity index (χ2n) is 5.38. The van der Waals surface area contributed by atoms with Crippen LogP contribution in [0.5, 0.6) is 5.75 Å². The highest BCUT2D eigenvalue weighted by Crippen LogP contribution is 2.17. The summed E-state index contributed by atoms with van der Waals surface area (Å²) in [5, 5.41) is 0. The van der Waals surface area contributed by atoms with Gasteiger partial charge in [0.25, 0.3) is 0 Å². The van der Waals surface area contributed by atoms with E-state index in [1.807, 2.05) is 13.8 Å². The zero-order valence-electron chi connectivity index (χ0n) is 12.8. The van der Waals surface area contributed by atoms with Crippen molar-refractivity contribution in [3.63, 3.8) is 0 Å². The number of nitrogens with zero attached hydrogens (tertiary/aromatic N) is 1. The molecule has 22 heavy (non-hydrogen) atoms. The number of rotatable bonds is 6. The summed E-state index contributed by atoms with van der Waals surface area (Å²) >= 11 is 0. The molecule has 1 saturated heterocycles. The maximum absolute atomic E-state index is 12.2. The number of ether oxygens (including phenoxy) is 2. The third kappa shape index (κ3) is 4.11. The Kier molecular flexibility index (Phi) is 4.92. The van der Waals surface area contributed by atoms with Gasteiger partial charge in [-0.05, 0) is 38.1 Å². The third-order valence-electron chi connectivity index (χ3n) is 3.06. The van der Waals surface area contributed by atoms with Gasteiger partial charge in [-0.3, -0.25) is 0 Å². The monoisotopic (exact) mass is 328 g/mol. The van der Waals surface area contributed by atoms with Gasteiger partial charge in [-0.1, -0.05) is 0 Å². The lowest BCUT2D eigenvalue weighted by molar-refractivity contribution is 0.135. The van der Waals surface area contributed by atoms with E-state index in [1.54, 1.807) is 19.2 Å². The molecule has 7 nitrogen and oxygen atoms in total. The first kappa shape index (κ1) is 16.6. The second kappa shape index (κ2) is 6.53. The molecule has 0 bridgehead atoms. The lowest BCUT2D eigenvalue weighted by Crippen LogP contribution is -2.34. The Bertz CT molecular complexity index is 627. The Balaban J connectivity index is 1.97. The first-order chi connectivity index (χ1) is 10.3. The second-order valence-corrected chi connectivity index (χ2v) is 7.14. The molecule has 2 rings (SSSR count). The fourth-order valence-corrected chi connectivity index (χ4v) is 3.08. The van der Waals surface area contributed by atoms with Gasteiger partial charge in [0.15, 0.2) is 0 Å². The van der Waals surface area contributed by atoms with E-state index in [2.05, 4.69) is 4.72 Å². The lowest BCUT2D eigenvalue weighted by atomic mass is 10.3. The molecule has 1 heterocycles. The number of hydrogen-bond acceptors (Lipinski definition) is 5. The van der Waals surface area contributed by atoms with Gasteiger partial charge in [0, 0.05) is 13.6 Å². The smallest absolute Gasteiger partial charge is 0.410 e. The first-order valence-corrected chi connectivity index (χ1v) is 8.44. The molecular weight excluding hydrogens is 308 g/mol. The molecule has 1 unspecified atom stereocenters. The summed E-state index contributed by atoms with van der Waals surface area (Å²) in [6, 6.07) is 6.18. The Morgan fingerprint density at radius 3 is 2.50 bits per heavy atom. The summed E-state index contributed by atoms with van der Waals surface area (Å²) in [6.07, 6.45) is -0.898. The number of nitrogens with one attached hydrogen (secondary N) is 1. The average Bonchev–Trinajstić information content (AvgIpc) is 2.76. The molecule has 1 fully saturated rings. The van der Waals surface area contributed by atoms with Crippen LogP contribution in [0.3, 0.4) is 0 Å². The Morgan fingerprint density at radius 1 is 1.36 bits per heavy atom. The summed E-state index contributed by atoms with van der Waals surface area (Å²) in [6.45, 7) is 4.20. The molecule has 1 aromatic carbocycles. The van der Waals surface area contributed by atoms with Crippen LogP contribution in [-0.2, 0) is 14.8 Å². The summed E-state index contributed by atoms with van der Waals surface area (Å²) < 4.78 is 37.3. The summed E-state index contributed by atoms with van der Waals surface area (Å²) in [5.74, 6) is 0.611. The highest BCUT2D eigenvalue weighted by atomic mass is 32.2. The molecule has 0 aromatic heterocycles. The molecule has 1 amide bonds. The van der Waals surface area contributed by atoms with Crippen molar-refractivity contribution in [2.24, 2.45) is 0 Å². The van der Waals surface area contributed by atoms with Crippen molar-refractivity contribution < 1.29 is 22.7 Å². The van der Waals surface area contributed by atoms with Crippen LogP contribution in [0.1, 0.15) is 13.8 Å². The minimum atomic E-state index is -3.64. The third-order valence-corrected chi connectivity index (χ3v) is 4.50. The largest absolute Gasteiger partial charge is 0.491 e. The van der Waals surface area contributed by atoms with Gasteiger partial charge >= 0.3 is 6.09 Å². The molecular formula is C14H20N2O5S. The maximum Gasteiger partial charge on any atom is 0.410 e. The van der Waals surface area contributed by atoms with Gasteiger partial charge in [-0.2, -0.15) is 0 Å². The number of carbonyl (C=O) groups is 1. The van der Waals surface area contributed by atoms with Gasteiger partial charge in [0.05, 0.1) is 17.5 Å². The van der Waals surface area contributed by atoms with E-state index in [0.29, 0.717) is 12.3 Å². The van der Waals surface area contributed by atoms with E-state index in [9.17, 15) is 13.2 Å². The standard InChI is InChI=1S/C14H20N2O5S/c1-10(2)20-11-4-6-13(7-5-11)22(18,19)15-8-12-9-16(3)14(17)21-12/h4-7,10,12,15H,8-9H2,1-3H3. The van der Waals surface area contributed by atoms with Crippen molar-refractivity contribution >= 4 is 16.1 Å². The van der Waals surface area contributed by atoms with E-state index >= 15 is 0 Å². The number of likely N-dealkylation sites (N-methyl/N-ethyl adjacent to an activating group) is 1. The van der Waals surface area contributed by atoms with Crippen LogP contribution >= 0.6 is 0 Å². The zero-order chi connectivity index (χ0) is 16.3. The van der Waals surface area contributed by atoms with Crippen molar-refractivity contribution in [3.8, 4) is 5.75 Å². The molecule has 0 saturated carbocycles. The maximum atomic E-state index is 12.2. The molecule has 1 aliphatic rings. The number of cyclic esters (lactones) is 1. The topological polar surface area (TPSA) is 84.9 Å². The quantitative estimate of drug-likeness (QED) is 0.848. The highest BCUT2D eigenvalue weighted by molar-refractivity contribution is 7.89. The Hall–Kier alpha value is -1.80. The lowest BCUT2D eigenvalue weighted by Gasteiger charge is -2.12. The van der Waals surface area contributed by atoms with Gasteiger partial charge in [-0.15, -0.1) is 0 Å². The Labute approximate surface area is 130 Å². The number of amides is 1. The fraction of sp³-hybridized carbons (Fsp3) is 0.500. The number of benzene rings is 1. The van der Waals surface area contributed by atoms with Gasteiger partial charge in [0.2, 0.25) is 10.0 Å². The van der Waals surface area contributed by atoms with Crippen LogP contribution < -0.4 is 9.46 Å². The van der Waals surface area contributed by atoms with Crippen LogP contribution in [0, 0.1) is 0 Å². The van der Waals surface area contributed by atoms with Crippen molar-refractivity contribution in [2.75, 3.05) is 20.1 Å². The highest BCUT2D eigenvalue weighted by Gasteiger charge is 2.29. The molecule has 0 aliphatic carbocycles. The van der Waals surface area contributed by atoms with Crippen LogP contribution in [-0.4, -0.2) is 51.8 Å². The Morgan fingerprint density at radius 2 is 2.00 bits per heavy atom. The SMILES string of the molecule is CC(C)Oc1ccc(S(=O)(=O)NCC2CN(C)C(=O)O2)cc1. The first-order valence-electron chi connectivity index (χ1n) is 6.96. The average molecular weight is 328 g/mol. The van der Waals surface area contributed by atoms with E-state index in [4.69, 9.17) is 9.47 Å². The molecule has 0 spiro atoms. The summed E-state index contributed by atoms with van der Waals surface area (Å²) in [7, 11) is -2.04. The molecule has 1 N–H and O–H groups in total. The predicted molar refractivity (Wildman–Crippen MR) is 80.3 cm³/mol. The summed E-state index contributed by atoms with van der Waals surface area (Å²) in [4.78, 5) is 12.8. The molecule has 8 heteroatoms. The van der Waals surface area contributed by atoms with E-state index in [1.165, 1.54) is 17.0 Å². The molecule has 1 atom stereocenters. The molecule has 1 aliphatic heterocycles. The number of sulfonamides is 1. The molecule has 1 aromatic rings. The van der Waals surface area contributed by atoms with Crippen LogP contribution in [0.25, 0.3) is 0 Å². The molecule has 0 radical (unpaired) electrons. The van der Waals surface area contributed by atoms with Crippen molar-refractivity contribution in [2.45, 2.75) is 31.0 Å². The minimum absolute atomic E-state index is 0.0228. The normalized spacial score (nSPS) is 18.6. The van der Waals surface area contributed by atoms with E-state index in [-0.39, 0.29) is 17.5 Å². The van der Waals surface area contributed by atoms with Crippen molar-refractivity contribution in [1.29, 1.82) is 0 Å². The number of hydrogen-bond donors (Lipinski definition) is 1. The number of carbonyl (C=O) groups excluding carboxylic acids is 1.